The second-order valence-corrected chi connectivity index (χ2v) is 1.22. The number of hydrogen-bond donors (Lipinski definition) is 0. The Balaban J connectivity index is -0.0000000800. The van der Waals surface area contributed by atoms with Gasteiger partial charge in [0, 0.05) is 10.4 Å². The predicted octanol–water partition coefficient (Wildman–Crippen LogP) is -4.87. The number of hydrogen-bond acceptors (Lipinski definition) is 4. The van der Waals surface area contributed by atoms with Gasteiger partial charge in [-0.05, 0) is 0 Å². The molecule has 0 spiro atoms. The van der Waals surface area contributed by atoms with Crippen molar-refractivity contribution >= 4 is 10.4 Å². The second-order valence-electron chi connectivity index (χ2n) is 0.408. The Morgan fingerprint density at radius 1 is 1.14 bits per heavy atom. The van der Waals surface area contributed by atoms with Crippen LogP contribution in [0.25, 0.3) is 0 Å². The van der Waals surface area contributed by atoms with Gasteiger partial charge < -0.3 is 9.11 Å². The van der Waals surface area contributed by atoms with Gasteiger partial charge in [-0.2, -0.15) is 0 Å². The monoisotopic (exact) mass is 156 g/mol. The summed E-state index contributed by atoms with van der Waals surface area (Å²) >= 11 is 0. The molecule has 0 amide bonds. The fourth-order valence-electron chi connectivity index (χ4n) is 0. The van der Waals surface area contributed by atoms with Gasteiger partial charge in [0.15, 0.2) is 0 Å². The van der Waals surface area contributed by atoms with E-state index in [2.05, 4.69) is 0 Å². The molecule has 0 aliphatic heterocycles. The van der Waals surface area contributed by atoms with E-state index in [0.29, 0.717) is 0 Å². The molecule has 0 aromatic carbocycles. The van der Waals surface area contributed by atoms with Crippen LogP contribution in [0, 0.1) is 12.4 Å². The van der Waals surface area contributed by atoms with Crippen molar-refractivity contribution in [2.75, 3.05) is 0 Å². The second kappa shape index (κ2) is 5.30. The van der Waals surface area contributed by atoms with Crippen LogP contribution in [0.15, 0.2) is 0 Å². The van der Waals surface area contributed by atoms with E-state index in [0.717, 1.165) is 0 Å². The van der Waals surface area contributed by atoms with E-state index < -0.39 is 10.4 Å². The van der Waals surface area contributed by atoms with E-state index in [1.54, 1.807) is 0 Å². The maximum atomic E-state index is 8.52. The summed E-state index contributed by atoms with van der Waals surface area (Å²) in [5.74, 6) is 0. The van der Waals surface area contributed by atoms with E-state index in [-0.39, 0.29) is 42.0 Å². The molecule has 0 N–H and O–H groups in total. The maximum absolute atomic E-state index is 8.52. The zero-order valence-electron chi connectivity index (χ0n) is 3.49. The molecule has 0 aromatic heterocycles. The standard InChI is InChI=1S/ClH2.Na.H2O4S/c;;1-5(2,3)4/h1H2;;(H2,1,2,3,4)/q2*+1;/p-2. The fourth-order valence-corrected chi connectivity index (χ4v) is 0. The minimum absolute atomic E-state index is 0. The molecule has 0 unspecified atom stereocenters. The molecule has 0 saturated carbocycles. The van der Waals surface area contributed by atoms with Crippen LogP contribution in [0.2, 0.25) is 0 Å². The van der Waals surface area contributed by atoms with Crippen molar-refractivity contribution in [2.45, 2.75) is 0 Å². The van der Waals surface area contributed by atoms with Gasteiger partial charge in [-0.15, -0.1) is 0 Å². The summed E-state index contributed by atoms with van der Waals surface area (Å²) in [6.45, 7) is 0. The van der Waals surface area contributed by atoms with Crippen LogP contribution in [0.4, 0.5) is 0 Å². The predicted molar refractivity (Wildman–Crippen MR) is 13.3 cm³/mol. The average molecular weight is 157 g/mol. The molecule has 0 heterocycles. The molecule has 0 saturated heterocycles. The molecule has 7 heteroatoms. The van der Waals surface area contributed by atoms with Gasteiger partial charge in [-0.3, -0.25) is 8.42 Å². The Bertz CT molecular complexity index is 94.9. The topological polar surface area (TPSA) is 80.3 Å². The van der Waals surface area contributed by atoms with Crippen molar-refractivity contribution in [1.29, 1.82) is 0 Å². The molecule has 0 aromatic rings. The largest absolute Gasteiger partial charge is 1.00 e. The van der Waals surface area contributed by atoms with Gasteiger partial charge in [-0.25, -0.2) is 0 Å². The minimum atomic E-state index is -5.17. The Hall–Kier alpha value is 1.16. The first-order chi connectivity index (χ1) is 2.00. The van der Waals surface area contributed by atoms with Crippen molar-refractivity contribution in [2.24, 2.45) is 0 Å². The molecule has 0 aliphatic rings. The maximum Gasteiger partial charge on any atom is 1.00 e. The summed E-state index contributed by atoms with van der Waals surface area (Å²) < 4.78 is 34.1. The minimum Gasteiger partial charge on any atom is -0.759 e. The van der Waals surface area contributed by atoms with E-state index in [1.807, 2.05) is 0 Å². The molecule has 0 aliphatic carbocycles. The Morgan fingerprint density at radius 3 is 1.14 bits per heavy atom. The summed E-state index contributed by atoms with van der Waals surface area (Å²) in [6.07, 6.45) is 0. The summed E-state index contributed by atoms with van der Waals surface area (Å²) in [5.41, 5.74) is 0. The first-order valence-electron chi connectivity index (χ1n) is 0.667. The van der Waals surface area contributed by atoms with Crippen LogP contribution in [0.1, 0.15) is 0 Å². The zero-order chi connectivity index (χ0) is 4.50. The van der Waals surface area contributed by atoms with Crippen molar-refractivity contribution in [3.05, 3.63) is 0 Å². The smallest absolute Gasteiger partial charge is 0.759 e. The summed E-state index contributed by atoms with van der Waals surface area (Å²) in [6, 6.07) is 0. The first kappa shape index (κ1) is 15.7. The van der Waals surface area contributed by atoms with E-state index in [1.165, 1.54) is 0 Å². The third-order valence-electron chi connectivity index (χ3n) is 0. The van der Waals surface area contributed by atoms with Crippen LogP contribution < -0.4 is 29.6 Å². The van der Waals surface area contributed by atoms with Crippen molar-refractivity contribution in [3.63, 3.8) is 0 Å². The van der Waals surface area contributed by atoms with Crippen LogP contribution in [-0.4, -0.2) is 17.5 Å². The van der Waals surface area contributed by atoms with Crippen molar-refractivity contribution in [3.8, 4) is 0 Å². The fraction of sp³-hybridized carbons (Fsp3) is 0. The molecule has 0 rings (SSSR count). The first-order valence-corrected chi connectivity index (χ1v) is 2.00. The summed E-state index contributed by atoms with van der Waals surface area (Å²) in [4.78, 5) is 0. The van der Waals surface area contributed by atoms with Gasteiger partial charge in [-0.1, -0.05) is 0 Å². The van der Waals surface area contributed by atoms with Crippen molar-refractivity contribution in [1.82, 2.24) is 0 Å². The molecule has 0 radical (unpaired) electrons. The van der Waals surface area contributed by atoms with Crippen LogP contribution in [-0.2, 0) is 10.4 Å². The van der Waals surface area contributed by atoms with E-state index in [9.17, 15) is 0 Å². The van der Waals surface area contributed by atoms with Gasteiger partial charge in [0.05, 0.1) is 12.4 Å². The summed E-state index contributed by atoms with van der Waals surface area (Å²) in [7, 11) is -5.17. The number of halogens is 1. The molecule has 4 nitrogen and oxygen atoms in total. The third kappa shape index (κ3) is 142. The SMILES string of the molecule is O=S(=O)([O-])[O-].[ClH2+].[Na+]. The zero-order valence-corrected chi connectivity index (χ0v) is 7.20. The molecule has 40 valence electrons. The van der Waals surface area contributed by atoms with Crippen LogP contribution in [0.5, 0.6) is 0 Å². The summed E-state index contributed by atoms with van der Waals surface area (Å²) in [5, 5.41) is 0. The Kier molecular flexibility index (Phi) is 11.9. The van der Waals surface area contributed by atoms with E-state index in [4.69, 9.17) is 17.5 Å². The van der Waals surface area contributed by atoms with Crippen molar-refractivity contribution < 1.29 is 59.5 Å². The van der Waals surface area contributed by atoms with Gasteiger partial charge in [0.2, 0.25) is 0 Å². The number of rotatable bonds is 0. The molecule has 0 bridgehead atoms. The molecular formula is H2ClNaO4S. The molecular weight excluding hydrogens is 155 g/mol. The van der Waals surface area contributed by atoms with Crippen LogP contribution >= 0.6 is 0 Å². The van der Waals surface area contributed by atoms with Crippen LogP contribution in [0.3, 0.4) is 0 Å². The van der Waals surface area contributed by atoms with Gasteiger partial charge in [0.25, 0.3) is 0 Å². The van der Waals surface area contributed by atoms with E-state index >= 15 is 0 Å². The normalized spacial score (nSPS) is 8.29. The molecule has 0 atom stereocenters. The van der Waals surface area contributed by atoms with Gasteiger partial charge >= 0.3 is 29.6 Å². The molecule has 0 fully saturated rings. The quantitative estimate of drug-likeness (QED) is 0.200. The third-order valence-corrected chi connectivity index (χ3v) is 0. The molecule has 7 heavy (non-hydrogen) atoms. The van der Waals surface area contributed by atoms with Gasteiger partial charge in [0.1, 0.15) is 0 Å². The Morgan fingerprint density at radius 2 is 1.14 bits per heavy atom. The Labute approximate surface area is 69.6 Å². The average Bonchev–Trinajstić information content (AvgIpc) is 0.722.